The zero-order chi connectivity index (χ0) is 15.4. The highest BCUT2D eigenvalue weighted by Crippen LogP contribution is 2.58. The molecular weight excluding hydrogens is 268 g/mol. The molecule has 1 aliphatic carbocycles. The fourth-order valence-electron chi connectivity index (χ4n) is 3.97. The number of nitrogens with two attached hydrogens (primary N) is 1. The Labute approximate surface area is 125 Å². The molecule has 0 aromatic carbocycles. The molecule has 1 aromatic heterocycles. The highest BCUT2D eigenvalue weighted by atomic mass is 16.5. The first-order valence-corrected chi connectivity index (χ1v) is 7.42. The van der Waals surface area contributed by atoms with E-state index in [1.807, 2.05) is 31.7 Å². The van der Waals surface area contributed by atoms with Gasteiger partial charge in [0.25, 0.3) is 0 Å². The van der Waals surface area contributed by atoms with Gasteiger partial charge in [-0.05, 0) is 6.42 Å². The van der Waals surface area contributed by atoms with Crippen LogP contribution in [0.5, 0.6) is 0 Å². The van der Waals surface area contributed by atoms with Gasteiger partial charge in [0.15, 0.2) is 0 Å². The summed E-state index contributed by atoms with van der Waals surface area (Å²) in [6, 6.07) is 0. The SMILES string of the molecule is CN(Cc1nccn1C)C(=O)C1(N)C2CCOC2C1(C)C. The van der Waals surface area contributed by atoms with Gasteiger partial charge in [0.1, 0.15) is 11.4 Å². The van der Waals surface area contributed by atoms with Crippen LogP contribution in [-0.2, 0) is 23.1 Å². The Balaban J connectivity index is 1.79. The van der Waals surface area contributed by atoms with Crippen LogP contribution in [0.25, 0.3) is 0 Å². The molecule has 2 N–H and O–H groups in total. The van der Waals surface area contributed by atoms with Gasteiger partial charge in [0.2, 0.25) is 5.91 Å². The van der Waals surface area contributed by atoms with Gasteiger partial charge in [0.05, 0.1) is 12.6 Å². The fourth-order valence-corrected chi connectivity index (χ4v) is 3.97. The van der Waals surface area contributed by atoms with Gasteiger partial charge in [-0.3, -0.25) is 4.79 Å². The number of amides is 1. The molecule has 0 bridgehead atoms. The number of carbonyl (C=O) groups is 1. The maximum atomic E-state index is 13.0. The third kappa shape index (κ3) is 1.78. The molecule has 2 fully saturated rings. The molecule has 3 atom stereocenters. The highest BCUT2D eigenvalue weighted by Gasteiger charge is 2.71. The summed E-state index contributed by atoms with van der Waals surface area (Å²) >= 11 is 0. The number of imidazole rings is 1. The van der Waals surface area contributed by atoms with E-state index in [1.54, 1.807) is 18.1 Å². The molecule has 1 saturated carbocycles. The normalized spacial score (nSPS) is 33.4. The summed E-state index contributed by atoms with van der Waals surface area (Å²) in [4.78, 5) is 18.9. The van der Waals surface area contributed by atoms with Gasteiger partial charge in [-0.2, -0.15) is 0 Å². The van der Waals surface area contributed by atoms with E-state index >= 15 is 0 Å². The Kier molecular flexibility index (Phi) is 3.15. The molecular formula is C15H24N4O2. The first-order valence-electron chi connectivity index (χ1n) is 7.42. The van der Waals surface area contributed by atoms with Crippen LogP contribution < -0.4 is 5.73 Å². The summed E-state index contributed by atoms with van der Waals surface area (Å²) in [5.74, 6) is 0.969. The maximum absolute atomic E-state index is 13.0. The van der Waals surface area contributed by atoms with Gasteiger partial charge >= 0.3 is 0 Å². The second-order valence-electron chi connectivity index (χ2n) is 6.89. The van der Waals surface area contributed by atoms with E-state index in [1.165, 1.54) is 0 Å². The van der Waals surface area contributed by atoms with E-state index in [2.05, 4.69) is 4.98 Å². The third-order valence-corrected chi connectivity index (χ3v) is 5.45. The van der Waals surface area contributed by atoms with Crippen LogP contribution in [0.15, 0.2) is 12.4 Å². The van der Waals surface area contributed by atoms with Crippen LogP contribution in [0, 0.1) is 11.3 Å². The zero-order valence-electron chi connectivity index (χ0n) is 13.2. The lowest BCUT2D eigenvalue weighted by Gasteiger charge is -2.61. The number of aryl methyl sites for hydroxylation is 1. The first kappa shape index (κ1) is 14.5. The van der Waals surface area contributed by atoms with Gasteiger partial charge in [0, 0.05) is 44.4 Å². The van der Waals surface area contributed by atoms with E-state index in [-0.39, 0.29) is 23.3 Å². The molecule has 0 spiro atoms. The Morgan fingerprint density at radius 2 is 2.33 bits per heavy atom. The molecule has 3 unspecified atom stereocenters. The van der Waals surface area contributed by atoms with E-state index in [4.69, 9.17) is 10.5 Å². The van der Waals surface area contributed by atoms with Crippen LogP contribution >= 0.6 is 0 Å². The Morgan fingerprint density at radius 3 is 2.95 bits per heavy atom. The van der Waals surface area contributed by atoms with E-state index in [0.29, 0.717) is 13.2 Å². The number of carbonyl (C=O) groups excluding carboxylic acids is 1. The Hall–Kier alpha value is -1.40. The Bertz CT molecular complexity index is 568. The van der Waals surface area contributed by atoms with E-state index in [0.717, 1.165) is 12.2 Å². The molecule has 21 heavy (non-hydrogen) atoms. The molecule has 3 rings (SSSR count). The molecule has 2 heterocycles. The van der Waals surface area contributed by atoms with Gasteiger partial charge in [-0.1, -0.05) is 13.8 Å². The van der Waals surface area contributed by atoms with Crippen LogP contribution in [-0.4, -0.2) is 45.7 Å². The zero-order valence-corrected chi connectivity index (χ0v) is 13.2. The van der Waals surface area contributed by atoms with E-state index in [9.17, 15) is 4.79 Å². The number of rotatable bonds is 3. The van der Waals surface area contributed by atoms with Crippen molar-refractivity contribution in [2.75, 3.05) is 13.7 Å². The minimum atomic E-state index is -0.839. The average Bonchev–Trinajstić information content (AvgIpc) is 3.06. The highest BCUT2D eigenvalue weighted by molar-refractivity contribution is 5.89. The number of nitrogens with zero attached hydrogens (tertiary/aromatic N) is 3. The number of aromatic nitrogens is 2. The summed E-state index contributed by atoms with van der Waals surface area (Å²) in [6.45, 7) is 5.24. The summed E-state index contributed by atoms with van der Waals surface area (Å²) in [5.41, 5.74) is 5.41. The van der Waals surface area contributed by atoms with Crippen molar-refractivity contribution in [3.8, 4) is 0 Å². The summed E-state index contributed by atoms with van der Waals surface area (Å²) in [7, 11) is 3.72. The lowest BCUT2D eigenvalue weighted by atomic mass is 9.47. The van der Waals surface area contributed by atoms with Crippen LogP contribution in [0.4, 0.5) is 0 Å². The molecule has 0 radical (unpaired) electrons. The summed E-state index contributed by atoms with van der Waals surface area (Å²) < 4.78 is 7.67. The van der Waals surface area contributed by atoms with Crippen molar-refractivity contribution >= 4 is 5.91 Å². The molecule has 1 aromatic rings. The minimum Gasteiger partial charge on any atom is -0.377 e. The molecule has 116 valence electrons. The first-order chi connectivity index (χ1) is 9.80. The molecule has 1 aliphatic heterocycles. The summed E-state index contributed by atoms with van der Waals surface area (Å²) in [6.07, 6.45) is 4.58. The predicted octanol–water partition coefficient (Wildman–Crippen LogP) is 0.521. The van der Waals surface area contributed by atoms with E-state index < -0.39 is 5.54 Å². The second kappa shape index (κ2) is 4.55. The number of ether oxygens (including phenoxy) is 1. The maximum Gasteiger partial charge on any atom is 0.243 e. The van der Waals surface area contributed by atoms with Gasteiger partial charge in [-0.15, -0.1) is 0 Å². The standard InChI is InChI=1S/C15H24N4O2/c1-14(2)12-10(5-8-21-12)15(14,16)13(20)19(4)9-11-17-6-7-18(11)3/h6-7,10,12H,5,8-9,16H2,1-4H3. The van der Waals surface area contributed by atoms with Crippen LogP contribution in [0.2, 0.25) is 0 Å². The van der Waals surface area contributed by atoms with Crippen LogP contribution in [0.1, 0.15) is 26.1 Å². The molecule has 6 heteroatoms. The van der Waals surface area contributed by atoms with Crippen molar-refractivity contribution in [2.24, 2.45) is 24.1 Å². The van der Waals surface area contributed by atoms with Crippen molar-refractivity contribution in [3.05, 3.63) is 18.2 Å². The lowest BCUT2D eigenvalue weighted by molar-refractivity contribution is -0.183. The van der Waals surface area contributed by atoms with Crippen molar-refractivity contribution < 1.29 is 9.53 Å². The smallest absolute Gasteiger partial charge is 0.243 e. The lowest BCUT2D eigenvalue weighted by Crippen LogP contribution is -2.80. The number of likely N-dealkylation sites (N-methyl/N-ethyl adjacent to an activating group) is 1. The monoisotopic (exact) mass is 292 g/mol. The van der Waals surface area contributed by atoms with Crippen molar-refractivity contribution in [1.29, 1.82) is 0 Å². The fraction of sp³-hybridized carbons (Fsp3) is 0.733. The molecule has 1 saturated heterocycles. The second-order valence-corrected chi connectivity index (χ2v) is 6.89. The number of fused-ring (bicyclic) bond motifs is 1. The number of hydrogen-bond donors (Lipinski definition) is 1. The van der Waals surface area contributed by atoms with Crippen molar-refractivity contribution in [3.63, 3.8) is 0 Å². The molecule has 1 amide bonds. The topological polar surface area (TPSA) is 73.4 Å². The van der Waals surface area contributed by atoms with Crippen molar-refractivity contribution in [1.82, 2.24) is 14.5 Å². The molecule has 6 nitrogen and oxygen atoms in total. The molecule has 2 aliphatic rings. The number of hydrogen-bond acceptors (Lipinski definition) is 4. The minimum absolute atomic E-state index is 0.0118. The van der Waals surface area contributed by atoms with Crippen molar-refractivity contribution in [2.45, 2.75) is 38.5 Å². The third-order valence-electron chi connectivity index (χ3n) is 5.45. The van der Waals surface area contributed by atoms with Crippen LogP contribution in [0.3, 0.4) is 0 Å². The average molecular weight is 292 g/mol. The summed E-state index contributed by atoms with van der Waals surface area (Å²) in [5, 5.41) is 0. The van der Waals surface area contributed by atoms with Gasteiger partial charge in [-0.25, -0.2) is 4.98 Å². The Morgan fingerprint density at radius 1 is 1.62 bits per heavy atom. The largest absolute Gasteiger partial charge is 0.377 e. The predicted molar refractivity (Wildman–Crippen MR) is 78.2 cm³/mol. The van der Waals surface area contributed by atoms with Gasteiger partial charge < -0.3 is 19.9 Å². The quantitative estimate of drug-likeness (QED) is 0.881.